The van der Waals surface area contributed by atoms with Crippen LogP contribution in [0.1, 0.15) is 31.7 Å². The first-order chi connectivity index (χ1) is 8.14. The van der Waals surface area contributed by atoms with Crippen LogP contribution in [-0.4, -0.2) is 13.7 Å². The molecule has 0 heterocycles. The van der Waals surface area contributed by atoms with Crippen LogP contribution in [0.4, 0.5) is 4.39 Å². The fourth-order valence-corrected chi connectivity index (χ4v) is 2.31. The minimum absolute atomic E-state index is 0.249. The summed E-state index contributed by atoms with van der Waals surface area (Å²) in [5, 5.41) is 3.34. The van der Waals surface area contributed by atoms with Gasteiger partial charge in [-0.15, -0.1) is 0 Å². The standard InChI is InChI=1S/C14H20FNO/c1-14(7-4-8-14)10-16-9-11-5-3-6-12(17-2)13(11)15/h3,5-6,16H,4,7-10H2,1-2H3. The normalized spacial score (nSPS) is 17.6. The van der Waals surface area contributed by atoms with Gasteiger partial charge in [0.05, 0.1) is 7.11 Å². The number of hydrogen-bond donors (Lipinski definition) is 1. The molecule has 0 saturated heterocycles. The smallest absolute Gasteiger partial charge is 0.169 e. The molecule has 0 atom stereocenters. The van der Waals surface area contributed by atoms with Gasteiger partial charge in [-0.05, 0) is 24.3 Å². The number of ether oxygens (including phenoxy) is 1. The van der Waals surface area contributed by atoms with Gasteiger partial charge in [0.2, 0.25) is 0 Å². The van der Waals surface area contributed by atoms with Gasteiger partial charge in [-0.3, -0.25) is 0 Å². The molecule has 1 aliphatic carbocycles. The van der Waals surface area contributed by atoms with E-state index in [4.69, 9.17) is 4.74 Å². The van der Waals surface area contributed by atoms with Gasteiger partial charge in [-0.2, -0.15) is 0 Å². The zero-order chi connectivity index (χ0) is 12.3. The Labute approximate surface area is 102 Å². The van der Waals surface area contributed by atoms with E-state index in [1.54, 1.807) is 12.1 Å². The summed E-state index contributed by atoms with van der Waals surface area (Å²) < 4.78 is 18.8. The van der Waals surface area contributed by atoms with Crippen molar-refractivity contribution in [3.05, 3.63) is 29.6 Å². The number of nitrogens with one attached hydrogen (secondary N) is 1. The summed E-state index contributed by atoms with van der Waals surface area (Å²) in [7, 11) is 1.49. The highest BCUT2D eigenvalue weighted by Gasteiger charge is 2.30. The first-order valence-electron chi connectivity index (χ1n) is 6.17. The van der Waals surface area contributed by atoms with E-state index < -0.39 is 0 Å². The molecule has 0 spiro atoms. The van der Waals surface area contributed by atoms with E-state index in [1.165, 1.54) is 26.4 Å². The highest BCUT2D eigenvalue weighted by atomic mass is 19.1. The maximum Gasteiger partial charge on any atom is 0.169 e. The van der Waals surface area contributed by atoms with Crippen molar-refractivity contribution in [1.29, 1.82) is 0 Å². The van der Waals surface area contributed by atoms with E-state index in [1.807, 2.05) is 6.07 Å². The van der Waals surface area contributed by atoms with Gasteiger partial charge < -0.3 is 10.1 Å². The van der Waals surface area contributed by atoms with Gasteiger partial charge in [0, 0.05) is 18.7 Å². The fourth-order valence-electron chi connectivity index (χ4n) is 2.31. The zero-order valence-electron chi connectivity index (χ0n) is 10.6. The number of rotatable bonds is 5. The number of hydrogen-bond acceptors (Lipinski definition) is 2. The van der Waals surface area contributed by atoms with Gasteiger partial charge in [-0.25, -0.2) is 4.39 Å². The molecule has 2 rings (SSSR count). The molecule has 0 amide bonds. The molecule has 0 unspecified atom stereocenters. The van der Waals surface area contributed by atoms with Crippen molar-refractivity contribution in [2.24, 2.45) is 5.41 Å². The van der Waals surface area contributed by atoms with Crippen molar-refractivity contribution in [1.82, 2.24) is 5.32 Å². The second-order valence-electron chi connectivity index (χ2n) is 5.20. The van der Waals surface area contributed by atoms with Gasteiger partial charge in [-0.1, -0.05) is 25.5 Å². The summed E-state index contributed by atoms with van der Waals surface area (Å²) in [6.45, 7) is 3.81. The summed E-state index contributed by atoms with van der Waals surface area (Å²) in [5.74, 6) is 0.0698. The van der Waals surface area contributed by atoms with Crippen LogP contribution in [0.2, 0.25) is 0 Å². The van der Waals surface area contributed by atoms with Crippen molar-refractivity contribution in [3.63, 3.8) is 0 Å². The second kappa shape index (κ2) is 5.05. The second-order valence-corrected chi connectivity index (χ2v) is 5.20. The highest BCUT2D eigenvalue weighted by molar-refractivity contribution is 5.30. The lowest BCUT2D eigenvalue weighted by Crippen LogP contribution is -2.37. The Balaban J connectivity index is 1.90. The maximum atomic E-state index is 13.8. The third-order valence-corrected chi connectivity index (χ3v) is 3.69. The molecule has 0 bridgehead atoms. The van der Waals surface area contributed by atoms with Crippen molar-refractivity contribution >= 4 is 0 Å². The number of benzene rings is 1. The predicted molar refractivity (Wildman–Crippen MR) is 66.6 cm³/mol. The van der Waals surface area contributed by atoms with Crippen molar-refractivity contribution in [3.8, 4) is 5.75 Å². The third kappa shape index (κ3) is 2.78. The van der Waals surface area contributed by atoms with E-state index in [-0.39, 0.29) is 5.82 Å². The van der Waals surface area contributed by atoms with Crippen LogP contribution in [0.15, 0.2) is 18.2 Å². The Morgan fingerprint density at radius 1 is 1.41 bits per heavy atom. The third-order valence-electron chi connectivity index (χ3n) is 3.69. The molecule has 1 N–H and O–H groups in total. The van der Waals surface area contributed by atoms with Crippen LogP contribution in [0.25, 0.3) is 0 Å². The Hall–Kier alpha value is -1.09. The Morgan fingerprint density at radius 2 is 2.18 bits per heavy atom. The summed E-state index contributed by atoms with van der Waals surface area (Å²) in [5.41, 5.74) is 1.10. The van der Waals surface area contributed by atoms with Gasteiger partial charge in [0.25, 0.3) is 0 Å². The average molecular weight is 237 g/mol. The van der Waals surface area contributed by atoms with Crippen molar-refractivity contribution < 1.29 is 9.13 Å². The minimum Gasteiger partial charge on any atom is -0.494 e. The molecule has 1 saturated carbocycles. The average Bonchev–Trinajstić information content (AvgIpc) is 2.29. The molecule has 94 valence electrons. The van der Waals surface area contributed by atoms with Gasteiger partial charge in [0.15, 0.2) is 11.6 Å². The minimum atomic E-state index is -0.249. The van der Waals surface area contributed by atoms with E-state index in [0.29, 0.717) is 23.3 Å². The largest absolute Gasteiger partial charge is 0.494 e. The molecule has 1 fully saturated rings. The molecular formula is C14H20FNO. The lowest BCUT2D eigenvalue weighted by atomic mass is 9.70. The summed E-state index contributed by atoms with van der Waals surface area (Å²) in [6, 6.07) is 5.27. The number of methoxy groups -OCH3 is 1. The first kappa shape index (κ1) is 12.4. The fraction of sp³-hybridized carbons (Fsp3) is 0.571. The van der Waals surface area contributed by atoms with Crippen molar-refractivity contribution in [2.75, 3.05) is 13.7 Å². The van der Waals surface area contributed by atoms with Crippen LogP contribution >= 0.6 is 0 Å². The van der Waals surface area contributed by atoms with E-state index >= 15 is 0 Å². The Morgan fingerprint density at radius 3 is 2.76 bits per heavy atom. The molecule has 0 aromatic heterocycles. The highest BCUT2D eigenvalue weighted by Crippen LogP contribution is 2.39. The van der Waals surface area contributed by atoms with Crippen LogP contribution in [0.3, 0.4) is 0 Å². The molecule has 1 aliphatic rings. The molecular weight excluding hydrogens is 217 g/mol. The van der Waals surface area contributed by atoms with Crippen LogP contribution in [-0.2, 0) is 6.54 Å². The van der Waals surface area contributed by atoms with E-state index in [0.717, 1.165) is 6.54 Å². The Kier molecular flexibility index (Phi) is 3.67. The summed E-state index contributed by atoms with van der Waals surface area (Å²) >= 11 is 0. The lowest BCUT2D eigenvalue weighted by Gasteiger charge is -2.38. The van der Waals surface area contributed by atoms with Gasteiger partial charge in [0.1, 0.15) is 0 Å². The maximum absolute atomic E-state index is 13.8. The molecule has 0 radical (unpaired) electrons. The molecule has 2 nitrogen and oxygen atoms in total. The first-order valence-corrected chi connectivity index (χ1v) is 6.17. The van der Waals surface area contributed by atoms with Crippen LogP contribution in [0.5, 0.6) is 5.75 Å². The van der Waals surface area contributed by atoms with E-state index in [9.17, 15) is 4.39 Å². The molecule has 0 aliphatic heterocycles. The zero-order valence-corrected chi connectivity index (χ0v) is 10.6. The predicted octanol–water partition coefficient (Wildman–Crippen LogP) is 3.11. The van der Waals surface area contributed by atoms with Gasteiger partial charge >= 0.3 is 0 Å². The topological polar surface area (TPSA) is 21.3 Å². The van der Waals surface area contributed by atoms with Crippen LogP contribution < -0.4 is 10.1 Å². The molecule has 3 heteroatoms. The van der Waals surface area contributed by atoms with E-state index in [2.05, 4.69) is 12.2 Å². The lowest BCUT2D eigenvalue weighted by molar-refractivity contribution is 0.156. The quantitative estimate of drug-likeness (QED) is 0.849. The molecule has 1 aromatic rings. The molecule has 17 heavy (non-hydrogen) atoms. The number of halogens is 1. The SMILES string of the molecule is COc1cccc(CNCC2(C)CCC2)c1F. The molecule has 1 aromatic carbocycles. The Bertz CT molecular complexity index is 388. The van der Waals surface area contributed by atoms with Crippen LogP contribution in [0, 0.1) is 11.2 Å². The summed E-state index contributed by atoms with van der Waals surface area (Å²) in [6.07, 6.45) is 3.88. The van der Waals surface area contributed by atoms with Crippen molar-refractivity contribution in [2.45, 2.75) is 32.7 Å². The monoisotopic (exact) mass is 237 g/mol. The summed E-state index contributed by atoms with van der Waals surface area (Å²) in [4.78, 5) is 0.